The smallest absolute Gasteiger partial charge is 0.227 e. The van der Waals surface area contributed by atoms with Crippen LogP contribution in [0.5, 0.6) is 0 Å². The molecular formula is C23H24ClN3O3. The van der Waals surface area contributed by atoms with Gasteiger partial charge in [-0.15, -0.1) is 0 Å². The van der Waals surface area contributed by atoms with Crippen LogP contribution in [0.3, 0.4) is 0 Å². The number of rotatable bonds is 7. The second-order valence-corrected chi connectivity index (χ2v) is 8.00. The number of benzene rings is 2. The van der Waals surface area contributed by atoms with Gasteiger partial charge in [0, 0.05) is 36.0 Å². The lowest BCUT2D eigenvalue weighted by molar-refractivity contribution is -0.132. The average Bonchev–Trinajstić information content (AvgIpc) is 3.43. The molecule has 0 spiro atoms. The molecule has 6 nitrogen and oxygen atoms in total. The Bertz CT molecular complexity index is 975. The highest BCUT2D eigenvalue weighted by Gasteiger charge is 2.30. The van der Waals surface area contributed by atoms with Gasteiger partial charge in [-0.25, -0.2) is 0 Å². The highest BCUT2D eigenvalue weighted by molar-refractivity contribution is 6.30. The summed E-state index contributed by atoms with van der Waals surface area (Å²) >= 11 is 5.91. The molecule has 1 fully saturated rings. The van der Waals surface area contributed by atoms with Crippen LogP contribution < -0.4 is 0 Å². The Hall–Kier alpha value is -2.70. The van der Waals surface area contributed by atoms with E-state index >= 15 is 0 Å². The van der Waals surface area contributed by atoms with Crippen molar-refractivity contribution in [3.63, 3.8) is 0 Å². The number of aromatic nitrogens is 2. The van der Waals surface area contributed by atoms with E-state index in [1.807, 2.05) is 47.4 Å². The maximum atomic E-state index is 12.8. The van der Waals surface area contributed by atoms with Crippen LogP contribution in [0.2, 0.25) is 5.02 Å². The van der Waals surface area contributed by atoms with Crippen LogP contribution in [0.4, 0.5) is 0 Å². The van der Waals surface area contributed by atoms with Crippen molar-refractivity contribution < 1.29 is 14.4 Å². The van der Waals surface area contributed by atoms with Crippen LogP contribution in [0.25, 0.3) is 11.4 Å². The zero-order valence-corrected chi connectivity index (χ0v) is 17.3. The molecule has 7 heteroatoms. The molecule has 30 heavy (non-hydrogen) atoms. The molecule has 1 aliphatic heterocycles. The maximum absolute atomic E-state index is 12.8. The van der Waals surface area contributed by atoms with Crippen LogP contribution in [0.15, 0.2) is 59.1 Å². The zero-order chi connectivity index (χ0) is 20.9. The molecule has 0 radical (unpaired) electrons. The Morgan fingerprint density at radius 1 is 1.20 bits per heavy atom. The number of aliphatic hydroxyl groups is 1. The van der Waals surface area contributed by atoms with Crippen molar-refractivity contribution >= 4 is 17.5 Å². The molecule has 1 amide bonds. The first kappa shape index (κ1) is 20.6. The fourth-order valence-electron chi connectivity index (χ4n) is 3.91. The summed E-state index contributed by atoms with van der Waals surface area (Å²) in [6, 6.07) is 16.8. The summed E-state index contributed by atoms with van der Waals surface area (Å²) in [5.74, 6) is 0.983. The van der Waals surface area contributed by atoms with Crippen LogP contribution in [0.1, 0.15) is 43.2 Å². The minimum absolute atomic E-state index is 0.0556. The summed E-state index contributed by atoms with van der Waals surface area (Å²) in [5, 5.41) is 15.2. The molecule has 0 bridgehead atoms. The first-order valence-corrected chi connectivity index (χ1v) is 10.6. The Labute approximate surface area is 180 Å². The SMILES string of the molecule is O=C(CCc1nc(-c2ccc(Cl)cc2)no1)N1CCC[C@@H]1C[C@@H](O)c1ccccc1. The lowest BCUT2D eigenvalue weighted by Gasteiger charge is -2.26. The summed E-state index contributed by atoms with van der Waals surface area (Å²) in [7, 11) is 0. The number of aryl methyl sites for hydroxylation is 1. The third kappa shape index (κ3) is 4.89. The number of hydrogen-bond donors (Lipinski definition) is 1. The van der Waals surface area contributed by atoms with E-state index in [0.29, 0.717) is 36.0 Å². The molecule has 0 saturated carbocycles. The molecule has 2 atom stereocenters. The molecule has 2 heterocycles. The van der Waals surface area contributed by atoms with Gasteiger partial charge in [0.25, 0.3) is 0 Å². The second-order valence-electron chi connectivity index (χ2n) is 7.56. The van der Waals surface area contributed by atoms with Gasteiger partial charge in [-0.2, -0.15) is 4.98 Å². The molecule has 3 aromatic rings. The fourth-order valence-corrected chi connectivity index (χ4v) is 4.03. The summed E-state index contributed by atoms with van der Waals surface area (Å²) < 4.78 is 5.31. The average molecular weight is 426 g/mol. The van der Waals surface area contributed by atoms with Crippen molar-refractivity contribution in [2.75, 3.05) is 6.54 Å². The second kappa shape index (κ2) is 9.41. The van der Waals surface area contributed by atoms with E-state index in [1.54, 1.807) is 12.1 Å². The van der Waals surface area contributed by atoms with E-state index in [1.165, 1.54) is 0 Å². The lowest BCUT2D eigenvalue weighted by atomic mass is 10.0. The molecule has 1 saturated heterocycles. The minimum Gasteiger partial charge on any atom is -0.388 e. The van der Waals surface area contributed by atoms with Gasteiger partial charge in [-0.3, -0.25) is 4.79 Å². The normalized spacial score (nSPS) is 17.3. The maximum Gasteiger partial charge on any atom is 0.227 e. The van der Waals surface area contributed by atoms with E-state index < -0.39 is 6.10 Å². The largest absolute Gasteiger partial charge is 0.388 e. The van der Waals surface area contributed by atoms with E-state index in [2.05, 4.69) is 10.1 Å². The molecule has 2 aromatic carbocycles. The van der Waals surface area contributed by atoms with Gasteiger partial charge in [-0.05, 0) is 49.1 Å². The van der Waals surface area contributed by atoms with Gasteiger partial charge < -0.3 is 14.5 Å². The van der Waals surface area contributed by atoms with Crippen LogP contribution in [-0.2, 0) is 11.2 Å². The molecule has 1 aliphatic rings. The Morgan fingerprint density at radius 3 is 2.73 bits per heavy atom. The van der Waals surface area contributed by atoms with Crippen molar-refractivity contribution in [1.29, 1.82) is 0 Å². The molecule has 0 aliphatic carbocycles. The highest BCUT2D eigenvalue weighted by Crippen LogP contribution is 2.28. The zero-order valence-electron chi connectivity index (χ0n) is 16.6. The van der Waals surface area contributed by atoms with E-state index in [9.17, 15) is 9.90 Å². The third-order valence-electron chi connectivity index (χ3n) is 5.50. The molecule has 156 valence electrons. The number of aliphatic hydroxyl groups excluding tert-OH is 1. The Balaban J connectivity index is 1.33. The first-order valence-electron chi connectivity index (χ1n) is 10.2. The number of nitrogens with zero attached hydrogens (tertiary/aromatic N) is 3. The van der Waals surface area contributed by atoms with Gasteiger partial charge in [0.1, 0.15) is 0 Å². The van der Waals surface area contributed by atoms with Crippen molar-refractivity contribution in [3.05, 3.63) is 71.1 Å². The summed E-state index contributed by atoms with van der Waals surface area (Å²) in [6.07, 6.45) is 2.56. The standard InChI is InChI=1S/C23H24ClN3O3/c24-18-10-8-17(9-11-18)23-25-21(30-26-23)12-13-22(29)27-14-4-7-19(27)15-20(28)16-5-2-1-3-6-16/h1-3,5-6,8-11,19-20,28H,4,7,12-15H2/t19-,20-/m1/s1. The summed E-state index contributed by atoms with van der Waals surface area (Å²) in [5.41, 5.74) is 1.70. The molecule has 1 N–H and O–H groups in total. The first-order chi connectivity index (χ1) is 14.6. The number of likely N-dealkylation sites (tertiary alicyclic amines) is 1. The van der Waals surface area contributed by atoms with Gasteiger partial charge in [0.2, 0.25) is 17.6 Å². The number of carbonyl (C=O) groups excluding carboxylic acids is 1. The Morgan fingerprint density at radius 2 is 1.97 bits per heavy atom. The third-order valence-corrected chi connectivity index (χ3v) is 5.75. The predicted molar refractivity (Wildman–Crippen MR) is 114 cm³/mol. The van der Waals surface area contributed by atoms with E-state index in [0.717, 1.165) is 30.5 Å². The van der Waals surface area contributed by atoms with E-state index in [4.69, 9.17) is 16.1 Å². The van der Waals surface area contributed by atoms with Crippen molar-refractivity contribution in [2.45, 2.75) is 44.2 Å². The number of amides is 1. The van der Waals surface area contributed by atoms with Gasteiger partial charge >= 0.3 is 0 Å². The molecule has 0 unspecified atom stereocenters. The van der Waals surface area contributed by atoms with Gasteiger partial charge in [0.05, 0.1) is 6.10 Å². The summed E-state index contributed by atoms with van der Waals surface area (Å²) in [6.45, 7) is 0.727. The van der Waals surface area contributed by atoms with Gasteiger partial charge in [0.15, 0.2) is 0 Å². The number of halogens is 1. The Kier molecular flexibility index (Phi) is 6.45. The van der Waals surface area contributed by atoms with Gasteiger partial charge in [-0.1, -0.05) is 47.1 Å². The fraction of sp³-hybridized carbons (Fsp3) is 0.348. The number of hydrogen-bond acceptors (Lipinski definition) is 5. The number of carbonyl (C=O) groups is 1. The molecule has 1 aromatic heterocycles. The lowest BCUT2D eigenvalue weighted by Crippen LogP contribution is -2.36. The minimum atomic E-state index is -0.567. The predicted octanol–water partition coefficient (Wildman–Crippen LogP) is 4.44. The van der Waals surface area contributed by atoms with Crippen molar-refractivity contribution in [3.8, 4) is 11.4 Å². The van der Waals surface area contributed by atoms with E-state index in [-0.39, 0.29) is 11.9 Å². The monoisotopic (exact) mass is 425 g/mol. The topological polar surface area (TPSA) is 79.5 Å². The van der Waals surface area contributed by atoms with Crippen molar-refractivity contribution in [1.82, 2.24) is 15.0 Å². The summed E-state index contributed by atoms with van der Waals surface area (Å²) in [4.78, 5) is 19.1. The van der Waals surface area contributed by atoms with Crippen LogP contribution in [0, 0.1) is 0 Å². The van der Waals surface area contributed by atoms with Crippen LogP contribution in [-0.4, -0.2) is 38.6 Å². The quantitative estimate of drug-likeness (QED) is 0.605. The molecule has 4 rings (SSSR count). The van der Waals surface area contributed by atoms with Crippen LogP contribution >= 0.6 is 11.6 Å². The highest BCUT2D eigenvalue weighted by atomic mass is 35.5. The molecular weight excluding hydrogens is 402 g/mol. The van der Waals surface area contributed by atoms with Crippen molar-refractivity contribution in [2.24, 2.45) is 0 Å².